The largest absolute Gasteiger partial charge is 0.484 e. The summed E-state index contributed by atoms with van der Waals surface area (Å²) < 4.78 is 110. The molecule has 0 aliphatic carbocycles. The van der Waals surface area contributed by atoms with E-state index >= 15 is 0 Å². The number of hydrogen-bond acceptors (Lipinski definition) is 5. The molecule has 13 heteroatoms. The highest BCUT2D eigenvalue weighted by Gasteiger charge is 2.48. The fraction of sp³-hybridized carbons (Fsp3) is 0.435. The predicted octanol–water partition coefficient (Wildman–Crippen LogP) is 4.36. The Hall–Kier alpha value is -2.80. The maximum Gasteiger partial charge on any atom is 0.422 e. The Labute approximate surface area is 203 Å². The Morgan fingerprint density at radius 3 is 2.25 bits per heavy atom. The number of benzene rings is 2. The zero-order valence-corrected chi connectivity index (χ0v) is 19.5. The van der Waals surface area contributed by atoms with Gasteiger partial charge in [0, 0.05) is 31.2 Å². The van der Waals surface area contributed by atoms with Gasteiger partial charge in [0.25, 0.3) is 0 Å². The number of halogens is 6. The summed E-state index contributed by atoms with van der Waals surface area (Å²) in [7, 11) is -4.48. The SMILES string of the molecule is O=CC1C2CN(S(=O)(=O)c3ccccc3C(F)(F)F)CC2CCN1c1ccc(OCC(F)(F)F)cc1. The lowest BCUT2D eigenvalue weighted by atomic mass is 9.82. The van der Waals surface area contributed by atoms with Gasteiger partial charge in [-0.2, -0.15) is 30.6 Å². The summed E-state index contributed by atoms with van der Waals surface area (Å²) in [6, 6.07) is 8.92. The molecular weight excluding hydrogens is 514 g/mol. The van der Waals surface area contributed by atoms with E-state index in [1.165, 1.54) is 30.3 Å². The number of carbonyl (C=O) groups excluding carboxylic acids is 1. The van der Waals surface area contributed by atoms with Crippen molar-refractivity contribution in [2.45, 2.75) is 29.7 Å². The van der Waals surface area contributed by atoms with Gasteiger partial charge in [0.2, 0.25) is 10.0 Å². The number of nitrogens with zero attached hydrogens (tertiary/aromatic N) is 2. The van der Waals surface area contributed by atoms with E-state index in [9.17, 15) is 39.6 Å². The highest BCUT2D eigenvalue weighted by atomic mass is 32.2. The lowest BCUT2D eigenvalue weighted by Gasteiger charge is -2.41. The van der Waals surface area contributed by atoms with Gasteiger partial charge in [-0.25, -0.2) is 8.42 Å². The number of ether oxygens (including phenoxy) is 1. The number of rotatable bonds is 6. The van der Waals surface area contributed by atoms with Crippen molar-refractivity contribution in [3.8, 4) is 5.75 Å². The molecule has 6 nitrogen and oxygen atoms in total. The Balaban J connectivity index is 1.53. The van der Waals surface area contributed by atoms with E-state index in [1.54, 1.807) is 4.90 Å². The van der Waals surface area contributed by atoms with Crippen LogP contribution in [0.1, 0.15) is 12.0 Å². The van der Waals surface area contributed by atoms with Crippen molar-refractivity contribution in [2.75, 3.05) is 31.1 Å². The van der Waals surface area contributed by atoms with Crippen LogP contribution in [0, 0.1) is 11.8 Å². The number of piperidine rings is 1. The number of aldehydes is 1. The summed E-state index contributed by atoms with van der Waals surface area (Å²) in [6.07, 6.45) is -8.19. The maximum absolute atomic E-state index is 13.5. The van der Waals surface area contributed by atoms with Gasteiger partial charge < -0.3 is 14.4 Å². The van der Waals surface area contributed by atoms with Crippen LogP contribution < -0.4 is 9.64 Å². The van der Waals surface area contributed by atoms with E-state index in [0.717, 1.165) is 16.4 Å². The molecule has 2 aliphatic heterocycles. The molecule has 4 rings (SSSR count). The van der Waals surface area contributed by atoms with Crippen LogP contribution in [0.15, 0.2) is 53.4 Å². The van der Waals surface area contributed by atoms with E-state index in [1.807, 2.05) is 0 Å². The van der Waals surface area contributed by atoms with Gasteiger partial charge in [-0.1, -0.05) is 12.1 Å². The van der Waals surface area contributed by atoms with E-state index in [0.29, 0.717) is 31.0 Å². The van der Waals surface area contributed by atoms with Crippen molar-refractivity contribution in [1.29, 1.82) is 0 Å². The van der Waals surface area contributed by atoms with Crippen molar-refractivity contribution in [2.24, 2.45) is 11.8 Å². The van der Waals surface area contributed by atoms with Gasteiger partial charge in [0.05, 0.1) is 16.5 Å². The minimum absolute atomic E-state index is 0.00456. The third-order valence-corrected chi connectivity index (χ3v) is 8.41. The van der Waals surface area contributed by atoms with Crippen LogP contribution in [-0.2, 0) is 21.0 Å². The molecule has 2 aliphatic rings. The zero-order chi connectivity index (χ0) is 26.3. The van der Waals surface area contributed by atoms with Gasteiger partial charge in [0.15, 0.2) is 6.61 Å². The van der Waals surface area contributed by atoms with Crippen molar-refractivity contribution in [3.05, 3.63) is 54.1 Å². The van der Waals surface area contributed by atoms with Crippen LogP contribution in [0.2, 0.25) is 0 Å². The number of alkyl halides is 6. The van der Waals surface area contributed by atoms with Crippen LogP contribution >= 0.6 is 0 Å². The summed E-state index contributed by atoms with van der Waals surface area (Å²) in [4.78, 5) is 13.0. The molecule has 0 amide bonds. The minimum Gasteiger partial charge on any atom is -0.484 e. The summed E-state index contributed by atoms with van der Waals surface area (Å²) >= 11 is 0. The second kappa shape index (κ2) is 9.58. The predicted molar refractivity (Wildman–Crippen MR) is 117 cm³/mol. The Bertz CT molecular complexity index is 1200. The van der Waals surface area contributed by atoms with Crippen molar-refractivity contribution >= 4 is 22.0 Å². The molecule has 0 bridgehead atoms. The minimum atomic E-state index is -4.85. The molecular formula is C23H22F6N2O4S. The van der Waals surface area contributed by atoms with Gasteiger partial charge in [-0.3, -0.25) is 0 Å². The molecule has 2 heterocycles. The van der Waals surface area contributed by atoms with Gasteiger partial charge >= 0.3 is 12.4 Å². The fourth-order valence-corrected chi connectivity index (χ4v) is 6.62. The topological polar surface area (TPSA) is 66.9 Å². The van der Waals surface area contributed by atoms with E-state index in [4.69, 9.17) is 4.74 Å². The molecule has 2 aromatic rings. The summed E-state index contributed by atoms with van der Waals surface area (Å²) in [5.74, 6) is -0.709. The number of hydrogen-bond donors (Lipinski definition) is 0. The number of carbonyl (C=O) groups is 1. The van der Waals surface area contributed by atoms with Crippen LogP contribution in [0.25, 0.3) is 0 Å². The molecule has 0 aromatic heterocycles. The molecule has 2 saturated heterocycles. The monoisotopic (exact) mass is 536 g/mol. The lowest BCUT2D eigenvalue weighted by Crippen LogP contribution is -2.50. The molecule has 0 saturated carbocycles. The number of sulfonamides is 1. The van der Waals surface area contributed by atoms with Crippen LogP contribution in [0.5, 0.6) is 5.75 Å². The number of anilines is 1. The number of fused-ring (bicyclic) bond motifs is 1. The summed E-state index contributed by atoms with van der Waals surface area (Å²) in [5, 5.41) is 0. The molecule has 3 atom stereocenters. The summed E-state index contributed by atoms with van der Waals surface area (Å²) in [5.41, 5.74) is -0.713. The van der Waals surface area contributed by atoms with Crippen LogP contribution in [-0.4, -0.2) is 57.5 Å². The first-order valence-electron chi connectivity index (χ1n) is 11.0. The molecule has 3 unspecified atom stereocenters. The van der Waals surface area contributed by atoms with Crippen LogP contribution in [0.3, 0.4) is 0 Å². The third kappa shape index (κ3) is 5.31. The molecule has 0 spiro atoms. The standard InChI is InChI=1S/C23H22F6N2O4S/c24-22(25,26)14-35-17-7-5-16(6-8-17)31-10-9-15-11-30(12-18(15)20(31)13-32)36(33,34)21-4-2-1-3-19(21)23(27,28)29/h1-8,13,15,18,20H,9-12,14H2. The highest BCUT2D eigenvalue weighted by molar-refractivity contribution is 7.89. The maximum atomic E-state index is 13.5. The molecule has 196 valence electrons. The Morgan fingerprint density at radius 2 is 1.64 bits per heavy atom. The molecule has 2 aromatic carbocycles. The second-order valence-electron chi connectivity index (χ2n) is 8.75. The Morgan fingerprint density at radius 1 is 0.972 bits per heavy atom. The van der Waals surface area contributed by atoms with Crippen LogP contribution in [0.4, 0.5) is 32.0 Å². The van der Waals surface area contributed by atoms with Gasteiger partial charge in [0.1, 0.15) is 12.0 Å². The molecule has 36 heavy (non-hydrogen) atoms. The Kier molecular flexibility index (Phi) is 6.99. The first-order valence-corrected chi connectivity index (χ1v) is 12.4. The van der Waals surface area contributed by atoms with Gasteiger partial charge in [-0.05, 0) is 48.7 Å². The lowest BCUT2D eigenvalue weighted by molar-refractivity contribution is -0.153. The third-order valence-electron chi connectivity index (χ3n) is 6.52. The zero-order valence-electron chi connectivity index (χ0n) is 18.7. The molecule has 0 radical (unpaired) electrons. The first kappa shape index (κ1) is 26.3. The average Bonchev–Trinajstić information content (AvgIpc) is 3.27. The quantitative estimate of drug-likeness (QED) is 0.406. The molecule has 2 fully saturated rings. The highest BCUT2D eigenvalue weighted by Crippen LogP contribution is 2.41. The van der Waals surface area contributed by atoms with Crippen molar-refractivity contribution in [3.63, 3.8) is 0 Å². The van der Waals surface area contributed by atoms with E-state index in [-0.39, 0.29) is 24.8 Å². The van der Waals surface area contributed by atoms with Gasteiger partial charge in [-0.15, -0.1) is 0 Å². The second-order valence-corrected chi connectivity index (χ2v) is 10.7. The normalized spacial score (nSPS) is 23.4. The fourth-order valence-electron chi connectivity index (χ4n) is 4.87. The van der Waals surface area contributed by atoms with E-state index in [2.05, 4.69) is 0 Å². The smallest absolute Gasteiger partial charge is 0.422 e. The van der Waals surface area contributed by atoms with E-state index < -0.39 is 51.4 Å². The van der Waals surface area contributed by atoms with Crippen molar-refractivity contribution < 1.29 is 44.3 Å². The summed E-state index contributed by atoms with van der Waals surface area (Å²) in [6.45, 7) is -1.23. The first-order chi connectivity index (χ1) is 16.8. The average molecular weight is 536 g/mol. The van der Waals surface area contributed by atoms with Crippen molar-refractivity contribution in [1.82, 2.24) is 4.31 Å². The molecule has 0 N–H and O–H groups in total.